The SMILES string of the molecule is COc1ccccc1Nc1nc2cnc(-c3cc(C)c(O)c(C)c3)cn2n1. The van der Waals surface area contributed by atoms with E-state index in [4.69, 9.17) is 4.74 Å². The number of para-hydroxylation sites is 2. The summed E-state index contributed by atoms with van der Waals surface area (Å²) >= 11 is 0. The van der Waals surface area contributed by atoms with Gasteiger partial charge >= 0.3 is 0 Å². The maximum atomic E-state index is 9.97. The van der Waals surface area contributed by atoms with Gasteiger partial charge in [0.15, 0.2) is 5.65 Å². The van der Waals surface area contributed by atoms with E-state index in [9.17, 15) is 5.11 Å². The van der Waals surface area contributed by atoms with Crippen LogP contribution in [0, 0.1) is 13.8 Å². The molecule has 27 heavy (non-hydrogen) atoms. The van der Waals surface area contributed by atoms with Gasteiger partial charge in [-0.3, -0.25) is 4.98 Å². The van der Waals surface area contributed by atoms with Crippen LogP contribution < -0.4 is 10.1 Å². The molecule has 0 radical (unpaired) electrons. The molecule has 7 heteroatoms. The molecule has 4 rings (SSSR count). The Bertz CT molecular complexity index is 1110. The van der Waals surface area contributed by atoms with Crippen LogP contribution in [0.25, 0.3) is 16.9 Å². The number of fused-ring (bicyclic) bond motifs is 1. The molecule has 0 aliphatic rings. The van der Waals surface area contributed by atoms with Gasteiger partial charge in [0.1, 0.15) is 11.5 Å². The predicted octanol–water partition coefficient (Wildman–Crippen LogP) is 3.87. The van der Waals surface area contributed by atoms with Gasteiger partial charge < -0.3 is 15.2 Å². The zero-order valence-electron chi connectivity index (χ0n) is 15.3. The fourth-order valence-corrected chi connectivity index (χ4v) is 2.97. The van der Waals surface area contributed by atoms with Gasteiger partial charge in [-0.25, -0.2) is 4.52 Å². The molecule has 0 aliphatic carbocycles. The molecular formula is C20H19N5O2. The van der Waals surface area contributed by atoms with Crippen molar-refractivity contribution in [1.29, 1.82) is 0 Å². The molecule has 0 saturated carbocycles. The summed E-state index contributed by atoms with van der Waals surface area (Å²) in [6.45, 7) is 3.74. The number of phenolic OH excluding ortho intramolecular Hbond substituents is 1. The van der Waals surface area contributed by atoms with E-state index in [1.165, 1.54) is 0 Å². The standard InChI is InChI=1S/C20H19N5O2/c1-12-8-14(9-13(2)19(12)26)16-11-25-18(10-21-16)23-20(24-25)22-15-6-4-5-7-17(15)27-3/h4-11,26H,1-3H3,(H,22,24). The Hall–Kier alpha value is -3.61. The number of nitrogens with zero attached hydrogens (tertiary/aromatic N) is 4. The number of aromatic nitrogens is 4. The second-order valence-corrected chi connectivity index (χ2v) is 6.29. The van der Waals surface area contributed by atoms with Crippen molar-refractivity contribution in [3.63, 3.8) is 0 Å². The normalized spacial score (nSPS) is 10.9. The van der Waals surface area contributed by atoms with E-state index in [1.54, 1.807) is 17.8 Å². The molecule has 0 amide bonds. The summed E-state index contributed by atoms with van der Waals surface area (Å²) in [6, 6.07) is 11.4. The molecule has 0 unspecified atom stereocenters. The minimum Gasteiger partial charge on any atom is -0.507 e. The van der Waals surface area contributed by atoms with E-state index >= 15 is 0 Å². The van der Waals surface area contributed by atoms with E-state index in [0.29, 0.717) is 23.1 Å². The Morgan fingerprint density at radius 3 is 2.59 bits per heavy atom. The van der Waals surface area contributed by atoms with Gasteiger partial charge in [-0.15, -0.1) is 5.10 Å². The summed E-state index contributed by atoms with van der Waals surface area (Å²) in [5, 5.41) is 17.6. The van der Waals surface area contributed by atoms with E-state index in [0.717, 1.165) is 28.1 Å². The van der Waals surface area contributed by atoms with Crippen molar-refractivity contribution >= 4 is 17.3 Å². The summed E-state index contributed by atoms with van der Waals surface area (Å²) in [4.78, 5) is 8.94. The molecule has 0 saturated heterocycles. The van der Waals surface area contributed by atoms with Gasteiger partial charge in [0.2, 0.25) is 5.95 Å². The van der Waals surface area contributed by atoms with Gasteiger partial charge in [0.05, 0.1) is 30.9 Å². The van der Waals surface area contributed by atoms with E-state index in [2.05, 4.69) is 20.4 Å². The minimum atomic E-state index is 0.309. The average molecular weight is 361 g/mol. The van der Waals surface area contributed by atoms with Gasteiger partial charge in [-0.2, -0.15) is 4.98 Å². The predicted molar refractivity (Wildman–Crippen MR) is 104 cm³/mol. The second-order valence-electron chi connectivity index (χ2n) is 6.29. The van der Waals surface area contributed by atoms with Crippen LogP contribution >= 0.6 is 0 Å². The lowest BCUT2D eigenvalue weighted by molar-refractivity contribution is 0.417. The van der Waals surface area contributed by atoms with Crippen molar-refractivity contribution in [1.82, 2.24) is 19.6 Å². The first-order chi connectivity index (χ1) is 13.0. The minimum absolute atomic E-state index is 0.309. The van der Waals surface area contributed by atoms with Crippen molar-refractivity contribution in [2.24, 2.45) is 0 Å². The zero-order valence-corrected chi connectivity index (χ0v) is 15.3. The first kappa shape index (κ1) is 16.8. The maximum absolute atomic E-state index is 9.97. The summed E-state index contributed by atoms with van der Waals surface area (Å²) in [6.07, 6.45) is 3.49. The number of nitrogens with one attached hydrogen (secondary N) is 1. The fraction of sp³-hybridized carbons (Fsp3) is 0.150. The third-order valence-electron chi connectivity index (χ3n) is 4.36. The number of benzene rings is 2. The Kier molecular flexibility index (Phi) is 4.12. The quantitative estimate of drug-likeness (QED) is 0.574. The zero-order chi connectivity index (χ0) is 19.0. The van der Waals surface area contributed by atoms with E-state index < -0.39 is 0 Å². The van der Waals surface area contributed by atoms with E-state index in [1.807, 2.05) is 56.4 Å². The number of rotatable bonds is 4. The Labute approximate surface area is 156 Å². The van der Waals surface area contributed by atoms with E-state index in [-0.39, 0.29) is 0 Å². The van der Waals surface area contributed by atoms with Crippen LogP contribution in [0.1, 0.15) is 11.1 Å². The Balaban J connectivity index is 1.70. The second kappa shape index (κ2) is 6.60. The number of hydrogen-bond acceptors (Lipinski definition) is 6. The number of aromatic hydroxyl groups is 1. The highest BCUT2D eigenvalue weighted by molar-refractivity contribution is 5.66. The molecule has 0 bridgehead atoms. The van der Waals surface area contributed by atoms with Gasteiger partial charge in [-0.05, 0) is 49.2 Å². The molecule has 4 aromatic rings. The molecular weight excluding hydrogens is 342 g/mol. The van der Waals surface area contributed by atoms with Crippen molar-refractivity contribution in [2.45, 2.75) is 13.8 Å². The average Bonchev–Trinajstić information content (AvgIpc) is 3.07. The van der Waals surface area contributed by atoms with Crippen LogP contribution in [-0.4, -0.2) is 31.8 Å². The van der Waals surface area contributed by atoms with Crippen LogP contribution in [0.4, 0.5) is 11.6 Å². The topological polar surface area (TPSA) is 84.6 Å². The molecule has 136 valence electrons. The number of phenols is 1. The Morgan fingerprint density at radius 1 is 1.11 bits per heavy atom. The number of anilines is 2. The van der Waals surface area contributed by atoms with Crippen LogP contribution in [-0.2, 0) is 0 Å². The molecule has 7 nitrogen and oxygen atoms in total. The van der Waals surface area contributed by atoms with Crippen LogP contribution in [0.2, 0.25) is 0 Å². The molecule has 2 heterocycles. The van der Waals surface area contributed by atoms with Crippen LogP contribution in [0.3, 0.4) is 0 Å². The number of methoxy groups -OCH3 is 1. The highest BCUT2D eigenvalue weighted by Gasteiger charge is 2.11. The van der Waals surface area contributed by atoms with Crippen LogP contribution in [0.15, 0.2) is 48.8 Å². The summed E-state index contributed by atoms with van der Waals surface area (Å²) < 4.78 is 7.02. The van der Waals surface area contributed by atoms with Gasteiger partial charge in [0, 0.05) is 5.56 Å². The van der Waals surface area contributed by atoms with Gasteiger partial charge in [0.25, 0.3) is 0 Å². The van der Waals surface area contributed by atoms with Gasteiger partial charge in [-0.1, -0.05) is 12.1 Å². The van der Waals surface area contributed by atoms with Crippen molar-refractivity contribution < 1.29 is 9.84 Å². The number of aryl methyl sites for hydroxylation is 2. The third kappa shape index (κ3) is 3.15. The first-order valence-corrected chi connectivity index (χ1v) is 8.48. The lowest BCUT2D eigenvalue weighted by atomic mass is 10.0. The molecule has 0 aliphatic heterocycles. The first-order valence-electron chi connectivity index (χ1n) is 8.48. The largest absolute Gasteiger partial charge is 0.507 e. The maximum Gasteiger partial charge on any atom is 0.247 e. The Morgan fingerprint density at radius 2 is 1.85 bits per heavy atom. The lowest BCUT2D eigenvalue weighted by Gasteiger charge is -2.07. The smallest absolute Gasteiger partial charge is 0.247 e. The lowest BCUT2D eigenvalue weighted by Crippen LogP contribution is -1.96. The summed E-state index contributed by atoms with van der Waals surface area (Å²) in [5.74, 6) is 1.48. The summed E-state index contributed by atoms with van der Waals surface area (Å²) in [7, 11) is 1.62. The third-order valence-corrected chi connectivity index (χ3v) is 4.36. The molecule has 2 aromatic carbocycles. The van der Waals surface area contributed by atoms with Crippen LogP contribution in [0.5, 0.6) is 11.5 Å². The van der Waals surface area contributed by atoms with Crippen molar-refractivity contribution in [2.75, 3.05) is 12.4 Å². The highest BCUT2D eigenvalue weighted by atomic mass is 16.5. The molecule has 0 spiro atoms. The molecule has 2 aromatic heterocycles. The number of hydrogen-bond donors (Lipinski definition) is 2. The molecule has 0 fully saturated rings. The van der Waals surface area contributed by atoms with Crippen molar-refractivity contribution in [3.8, 4) is 22.8 Å². The monoisotopic (exact) mass is 361 g/mol. The summed E-state index contributed by atoms with van der Waals surface area (Å²) in [5.41, 5.74) is 4.70. The highest BCUT2D eigenvalue weighted by Crippen LogP contribution is 2.29. The number of ether oxygens (including phenoxy) is 1. The van der Waals surface area contributed by atoms with Crippen molar-refractivity contribution in [3.05, 3.63) is 59.9 Å². The fourth-order valence-electron chi connectivity index (χ4n) is 2.97. The molecule has 0 atom stereocenters. The molecule has 2 N–H and O–H groups in total.